The Morgan fingerprint density at radius 3 is 2.22 bits per heavy atom. The minimum Gasteiger partial charge on any atom is -0.457 e. The highest BCUT2D eigenvalue weighted by molar-refractivity contribution is 7.92. The van der Waals surface area contributed by atoms with Crippen LogP contribution >= 0.6 is 0 Å². The zero-order chi connectivity index (χ0) is 23.1. The van der Waals surface area contributed by atoms with Crippen molar-refractivity contribution in [2.24, 2.45) is 0 Å². The molecule has 32 heavy (non-hydrogen) atoms. The van der Waals surface area contributed by atoms with Gasteiger partial charge in [0.1, 0.15) is 11.5 Å². The van der Waals surface area contributed by atoms with Crippen LogP contribution in [0, 0.1) is 11.6 Å². The van der Waals surface area contributed by atoms with Crippen molar-refractivity contribution >= 4 is 27.3 Å². The Morgan fingerprint density at radius 2 is 1.59 bits per heavy atom. The Hall–Kier alpha value is -3.46. The minimum atomic E-state index is -3.74. The van der Waals surface area contributed by atoms with Gasteiger partial charge in [0.25, 0.3) is 0 Å². The number of benzene rings is 3. The fourth-order valence-corrected chi connectivity index (χ4v) is 3.92. The van der Waals surface area contributed by atoms with E-state index in [0.717, 1.165) is 22.7 Å². The van der Waals surface area contributed by atoms with E-state index in [2.05, 4.69) is 5.32 Å². The largest absolute Gasteiger partial charge is 0.457 e. The number of anilines is 2. The van der Waals surface area contributed by atoms with Crippen molar-refractivity contribution in [3.8, 4) is 11.5 Å². The normalized spacial score (nSPS) is 11.1. The van der Waals surface area contributed by atoms with Gasteiger partial charge in [-0.05, 0) is 55.0 Å². The van der Waals surface area contributed by atoms with Gasteiger partial charge in [0, 0.05) is 24.7 Å². The lowest BCUT2D eigenvalue weighted by atomic mass is 10.2. The summed E-state index contributed by atoms with van der Waals surface area (Å²) in [6.07, 6.45) is 1.19. The molecule has 3 rings (SSSR count). The van der Waals surface area contributed by atoms with Gasteiger partial charge in [0.15, 0.2) is 11.6 Å². The van der Waals surface area contributed by atoms with Gasteiger partial charge in [0.2, 0.25) is 15.9 Å². The molecule has 0 bridgehead atoms. The first-order chi connectivity index (χ1) is 15.2. The second kappa shape index (κ2) is 10.2. The van der Waals surface area contributed by atoms with Crippen LogP contribution in [0.5, 0.6) is 11.5 Å². The SMILES string of the molecule is CS(=O)(=O)N(CCCC(=O)Nc1ccc(Oc2ccccc2)cc1)c1ccc(F)c(F)c1. The number of ether oxygens (including phenoxy) is 1. The van der Waals surface area contributed by atoms with Crippen LogP contribution in [-0.2, 0) is 14.8 Å². The number of para-hydroxylation sites is 1. The number of rotatable bonds is 9. The van der Waals surface area contributed by atoms with Gasteiger partial charge in [-0.2, -0.15) is 0 Å². The van der Waals surface area contributed by atoms with Crippen molar-refractivity contribution in [3.63, 3.8) is 0 Å². The van der Waals surface area contributed by atoms with Gasteiger partial charge in [-0.25, -0.2) is 17.2 Å². The fraction of sp³-hybridized carbons (Fsp3) is 0.174. The van der Waals surface area contributed by atoms with Crippen LogP contribution in [0.25, 0.3) is 0 Å². The summed E-state index contributed by atoms with van der Waals surface area (Å²) in [4.78, 5) is 12.2. The van der Waals surface area contributed by atoms with Crippen molar-refractivity contribution in [3.05, 3.63) is 84.4 Å². The summed E-state index contributed by atoms with van der Waals surface area (Å²) in [5.41, 5.74) is 0.566. The molecule has 0 spiro atoms. The first-order valence-electron chi connectivity index (χ1n) is 9.78. The topological polar surface area (TPSA) is 75.7 Å². The molecule has 9 heteroatoms. The molecule has 1 amide bonds. The van der Waals surface area contributed by atoms with Crippen LogP contribution in [0.2, 0.25) is 0 Å². The molecule has 0 radical (unpaired) electrons. The summed E-state index contributed by atoms with van der Waals surface area (Å²) >= 11 is 0. The fourth-order valence-electron chi connectivity index (χ4n) is 2.96. The van der Waals surface area contributed by atoms with E-state index < -0.39 is 21.7 Å². The maximum absolute atomic E-state index is 13.5. The van der Waals surface area contributed by atoms with Crippen LogP contribution in [0.15, 0.2) is 72.8 Å². The molecule has 0 saturated heterocycles. The predicted octanol–water partition coefficient (Wildman–Crippen LogP) is 4.94. The molecule has 3 aromatic carbocycles. The average molecular weight is 461 g/mol. The number of hydrogen-bond acceptors (Lipinski definition) is 4. The van der Waals surface area contributed by atoms with Gasteiger partial charge in [-0.1, -0.05) is 18.2 Å². The molecule has 3 aromatic rings. The highest BCUT2D eigenvalue weighted by Gasteiger charge is 2.19. The molecule has 0 heterocycles. The summed E-state index contributed by atoms with van der Waals surface area (Å²) in [6.45, 7) is -0.0544. The number of carbonyl (C=O) groups is 1. The third kappa shape index (κ3) is 6.52. The lowest BCUT2D eigenvalue weighted by Gasteiger charge is -2.22. The highest BCUT2D eigenvalue weighted by atomic mass is 32.2. The van der Waals surface area contributed by atoms with Gasteiger partial charge in [0.05, 0.1) is 11.9 Å². The van der Waals surface area contributed by atoms with E-state index in [1.165, 1.54) is 6.07 Å². The van der Waals surface area contributed by atoms with E-state index in [1.807, 2.05) is 30.3 Å². The van der Waals surface area contributed by atoms with Crippen molar-refractivity contribution in [2.75, 3.05) is 22.4 Å². The quantitative estimate of drug-likeness (QED) is 0.491. The molecule has 0 aromatic heterocycles. The summed E-state index contributed by atoms with van der Waals surface area (Å²) in [5.74, 6) is -1.21. The number of nitrogens with zero attached hydrogens (tertiary/aromatic N) is 1. The number of sulfonamides is 1. The Kier molecular flexibility index (Phi) is 7.42. The highest BCUT2D eigenvalue weighted by Crippen LogP contribution is 2.23. The van der Waals surface area contributed by atoms with E-state index in [-0.39, 0.29) is 31.0 Å². The Morgan fingerprint density at radius 1 is 0.938 bits per heavy atom. The second-order valence-electron chi connectivity index (χ2n) is 7.02. The molecule has 6 nitrogen and oxygen atoms in total. The number of nitrogens with one attached hydrogen (secondary N) is 1. The molecular weight excluding hydrogens is 438 g/mol. The molecule has 0 saturated carbocycles. The van der Waals surface area contributed by atoms with Crippen molar-refractivity contribution < 1.29 is 26.7 Å². The van der Waals surface area contributed by atoms with E-state index in [1.54, 1.807) is 24.3 Å². The molecule has 0 fully saturated rings. The summed E-state index contributed by atoms with van der Waals surface area (Å²) in [7, 11) is -3.74. The second-order valence-corrected chi connectivity index (χ2v) is 8.93. The number of amides is 1. The van der Waals surface area contributed by atoms with Gasteiger partial charge in [-0.3, -0.25) is 9.10 Å². The monoisotopic (exact) mass is 460 g/mol. The Bertz CT molecular complexity index is 1170. The maximum atomic E-state index is 13.5. The molecule has 0 aliphatic heterocycles. The molecule has 0 aliphatic carbocycles. The first-order valence-corrected chi connectivity index (χ1v) is 11.6. The number of hydrogen-bond donors (Lipinski definition) is 1. The predicted molar refractivity (Wildman–Crippen MR) is 119 cm³/mol. The van der Waals surface area contributed by atoms with Gasteiger partial charge < -0.3 is 10.1 Å². The van der Waals surface area contributed by atoms with Gasteiger partial charge >= 0.3 is 0 Å². The summed E-state index contributed by atoms with van der Waals surface area (Å²) < 4.78 is 57.4. The molecule has 0 unspecified atom stereocenters. The number of halogens is 2. The van der Waals surface area contributed by atoms with Crippen LogP contribution in [0.1, 0.15) is 12.8 Å². The van der Waals surface area contributed by atoms with E-state index in [0.29, 0.717) is 17.2 Å². The third-order valence-electron chi connectivity index (χ3n) is 4.47. The van der Waals surface area contributed by atoms with Crippen LogP contribution in [0.3, 0.4) is 0 Å². The van der Waals surface area contributed by atoms with E-state index in [9.17, 15) is 22.0 Å². The standard InChI is InChI=1S/C23H22F2N2O4S/c1-32(29,30)27(18-11-14-21(24)22(25)16-18)15-5-8-23(28)26-17-9-12-20(13-10-17)31-19-6-3-2-4-7-19/h2-4,6-7,9-14,16H,5,8,15H2,1H3,(H,26,28). The van der Waals surface area contributed by atoms with E-state index in [4.69, 9.17) is 4.74 Å². The Balaban J connectivity index is 1.53. The molecule has 0 aliphatic rings. The molecule has 168 valence electrons. The van der Waals surface area contributed by atoms with Crippen LogP contribution in [-0.4, -0.2) is 27.1 Å². The van der Waals surface area contributed by atoms with Crippen molar-refractivity contribution in [1.82, 2.24) is 0 Å². The molecule has 0 atom stereocenters. The maximum Gasteiger partial charge on any atom is 0.232 e. The third-order valence-corrected chi connectivity index (χ3v) is 5.67. The number of carbonyl (C=O) groups excluding carboxylic acids is 1. The smallest absolute Gasteiger partial charge is 0.232 e. The van der Waals surface area contributed by atoms with Crippen LogP contribution in [0.4, 0.5) is 20.2 Å². The van der Waals surface area contributed by atoms with E-state index >= 15 is 0 Å². The minimum absolute atomic E-state index is 0.000753. The summed E-state index contributed by atoms with van der Waals surface area (Å²) in [5, 5.41) is 2.73. The van der Waals surface area contributed by atoms with Crippen molar-refractivity contribution in [1.29, 1.82) is 0 Å². The zero-order valence-corrected chi connectivity index (χ0v) is 18.1. The summed E-state index contributed by atoms with van der Waals surface area (Å²) in [6, 6.07) is 19.0. The lowest BCUT2D eigenvalue weighted by Crippen LogP contribution is -2.31. The lowest BCUT2D eigenvalue weighted by molar-refractivity contribution is -0.116. The first kappa shape index (κ1) is 23.2. The molecule has 1 N–H and O–H groups in total. The van der Waals surface area contributed by atoms with Crippen LogP contribution < -0.4 is 14.4 Å². The van der Waals surface area contributed by atoms with Gasteiger partial charge in [-0.15, -0.1) is 0 Å². The average Bonchev–Trinajstić information content (AvgIpc) is 2.75. The zero-order valence-electron chi connectivity index (χ0n) is 17.3. The Labute approximate surface area is 185 Å². The molecular formula is C23H22F2N2O4S. The van der Waals surface area contributed by atoms with Crippen molar-refractivity contribution in [2.45, 2.75) is 12.8 Å².